The van der Waals surface area contributed by atoms with E-state index in [-0.39, 0.29) is 0 Å². The monoisotopic (exact) mass is 449 g/mol. The number of aryl methyl sites for hydroxylation is 1. The summed E-state index contributed by atoms with van der Waals surface area (Å²) in [6.07, 6.45) is 4.08. The average Bonchev–Trinajstić information content (AvgIpc) is 2.95. The second kappa shape index (κ2) is 10.4. The standard InChI is InChI=1S/C17H24INO3S/c1-3-21-19-17-7-4-14-12-15(5-6-16(14)17)20-10-8-13(2)9-11-22-23-18/h5-6,12-13H,3-4,7-11H2,1-2H3/b19-17+. The Morgan fingerprint density at radius 1 is 1.26 bits per heavy atom. The van der Waals surface area contributed by atoms with Gasteiger partial charge in [-0.25, -0.2) is 0 Å². The minimum absolute atomic E-state index is 0.609. The lowest BCUT2D eigenvalue weighted by molar-refractivity contribution is 0.158. The number of hydrogen-bond donors (Lipinski definition) is 0. The van der Waals surface area contributed by atoms with Crippen LogP contribution < -0.4 is 4.74 Å². The van der Waals surface area contributed by atoms with Crippen molar-refractivity contribution in [3.8, 4) is 5.75 Å². The summed E-state index contributed by atoms with van der Waals surface area (Å²) in [6, 6.07) is 6.28. The molecule has 6 heteroatoms. The van der Waals surface area contributed by atoms with Crippen LogP contribution in [0.15, 0.2) is 23.4 Å². The van der Waals surface area contributed by atoms with Gasteiger partial charge in [0.25, 0.3) is 0 Å². The third kappa shape index (κ3) is 6.15. The Bertz CT molecular complexity index is 525. The smallest absolute Gasteiger partial charge is 0.119 e. The molecular formula is C17H24INO3S. The molecule has 4 nitrogen and oxygen atoms in total. The largest absolute Gasteiger partial charge is 0.494 e. The first-order valence-electron chi connectivity index (χ1n) is 8.09. The Morgan fingerprint density at radius 3 is 2.87 bits per heavy atom. The summed E-state index contributed by atoms with van der Waals surface area (Å²) in [5, 5.41) is 4.20. The van der Waals surface area contributed by atoms with Crippen LogP contribution in [0.25, 0.3) is 0 Å². The van der Waals surface area contributed by atoms with Crippen LogP contribution in [0.5, 0.6) is 5.75 Å². The molecule has 1 unspecified atom stereocenters. The molecule has 2 rings (SSSR count). The Hall–Kier alpha value is -0.470. The van der Waals surface area contributed by atoms with Gasteiger partial charge in [-0.1, -0.05) is 12.1 Å². The van der Waals surface area contributed by atoms with Crippen LogP contribution in [-0.4, -0.2) is 25.5 Å². The second-order valence-electron chi connectivity index (χ2n) is 5.69. The van der Waals surface area contributed by atoms with E-state index in [0.717, 1.165) is 50.4 Å². The number of rotatable bonds is 10. The van der Waals surface area contributed by atoms with Crippen LogP contribution in [0.2, 0.25) is 0 Å². The molecule has 0 fully saturated rings. The van der Waals surface area contributed by atoms with Crippen molar-refractivity contribution in [3.63, 3.8) is 0 Å². The van der Waals surface area contributed by atoms with Crippen molar-refractivity contribution in [2.24, 2.45) is 11.1 Å². The first-order chi connectivity index (χ1) is 11.2. The minimum Gasteiger partial charge on any atom is -0.494 e. The highest BCUT2D eigenvalue weighted by Gasteiger charge is 2.19. The Labute approximate surface area is 155 Å². The summed E-state index contributed by atoms with van der Waals surface area (Å²) >= 11 is 2.15. The molecule has 0 saturated heterocycles. The summed E-state index contributed by atoms with van der Waals surface area (Å²) in [6.45, 7) is 6.35. The third-order valence-electron chi connectivity index (χ3n) is 3.94. The maximum Gasteiger partial charge on any atom is 0.119 e. The van der Waals surface area contributed by atoms with Gasteiger partial charge in [-0.15, -0.1) is 0 Å². The average molecular weight is 449 g/mol. The number of halogens is 1. The van der Waals surface area contributed by atoms with Crippen molar-refractivity contribution in [2.45, 2.75) is 39.5 Å². The number of benzene rings is 1. The molecule has 1 aromatic rings. The maximum atomic E-state index is 5.91. The van der Waals surface area contributed by atoms with Crippen LogP contribution in [-0.2, 0) is 15.4 Å². The Balaban J connectivity index is 1.80. The number of nitrogens with zero attached hydrogens (tertiary/aromatic N) is 1. The maximum absolute atomic E-state index is 5.91. The van der Waals surface area contributed by atoms with Gasteiger partial charge in [0, 0.05) is 26.8 Å². The Kier molecular flexibility index (Phi) is 8.53. The molecular weight excluding hydrogens is 425 g/mol. The highest BCUT2D eigenvalue weighted by atomic mass is 127. The molecule has 0 amide bonds. The molecule has 1 aliphatic rings. The highest BCUT2D eigenvalue weighted by Crippen LogP contribution is 2.27. The SMILES string of the molecule is CCO/N=C1\CCc2cc(OCCC(C)CCOSI)ccc21. The predicted octanol–water partition coefficient (Wildman–Crippen LogP) is 5.18. The Morgan fingerprint density at radius 2 is 2.09 bits per heavy atom. The lowest BCUT2D eigenvalue weighted by Crippen LogP contribution is -2.06. The molecule has 0 spiro atoms. The molecule has 0 aromatic heterocycles. The molecule has 1 atom stereocenters. The first-order valence-corrected chi connectivity index (χ1v) is 11.4. The van der Waals surface area contributed by atoms with Crippen molar-refractivity contribution in [1.29, 1.82) is 0 Å². The van der Waals surface area contributed by atoms with E-state index in [9.17, 15) is 0 Å². The molecule has 0 heterocycles. The van der Waals surface area contributed by atoms with Crippen LogP contribution in [0, 0.1) is 5.92 Å². The lowest BCUT2D eigenvalue weighted by Gasteiger charge is -2.12. The van der Waals surface area contributed by atoms with Crippen molar-refractivity contribution in [1.82, 2.24) is 0 Å². The van der Waals surface area contributed by atoms with E-state index in [1.165, 1.54) is 20.3 Å². The van der Waals surface area contributed by atoms with Gasteiger partial charge in [-0.05, 0) is 62.3 Å². The van der Waals surface area contributed by atoms with Gasteiger partial charge in [0.2, 0.25) is 0 Å². The number of hydrogen-bond acceptors (Lipinski definition) is 5. The zero-order valence-electron chi connectivity index (χ0n) is 13.7. The van der Waals surface area contributed by atoms with Gasteiger partial charge in [-0.3, -0.25) is 0 Å². The van der Waals surface area contributed by atoms with Crippen molar-refractivity contribution < 1.29 is 13.8 Å². The van der Waals surface area contributed by atoms with Crippen molar-refractivity contribution >= 4 is 36.1 Å². The van der Waals surface area contributed by atoms with E-state index in [1.54, 1.807) is 0 Å². The summed E-state index contributed by atoms with van der Waals surface area (Å²) in [7, 11) is 1.40. The third-order valence-corrected chi connectivity index (χ3v) is 4.96. The fourth-order valence-corrected chi connectivity index (χ4v) is 3.27. The van der Waals surface area contributed by atoms with Gasteiger partial charge >= 0.3 is 0 Å². The van der Waals surface area contributed by atoms with Crippen LogP contribution in [0.4, 0.5) is 0 Å². The number of oxime groups is 1. The zero-order valence-corrected chi connectivity index (χ0v) is 16.7. The highest BCUT2D eigenvalue weighted by molar-refractivity contribution is 14.2. The van der Waals surface area contributed by atoms with E-state index in [0.29, 0.717) is 12.5 Å². The van der Waals surface area contributed by atoms with Crippen LogP contribution in [0.3, 0.4) is 0 Å². The lowest BCUT2D eigenvalue weighted by atomic mass is 10.1. The summed E-state index contributed by atoms with van der Waals surface area (Å²) in [5.74, 6) is 1.56. The second-order valence-corrected chi connectivity index (χ2v) is 7.13. The minimum atomic E-state index is 0.609. The predicted molar refractivity (Wildman–Crippen MR) is 104 cm³/mol. The number of ether oxygens (including phenoxy) is 1. The van der Waals surface area contributed by atoms with Crippen molar-refractivity contribution in [3.05, 3.63) is 29.3 Å². The van der Waals surface area contributed by atoms with Gasteiger partial charge in [0.1, 0.15) is 12.4 Å². The van der Waals surface area contributed by atoms with Crippen LogP contribution in [0.1, 0.15) is 44.2 Å². The topological polar surface area (TPSA) is 40.0 Å². The summed E-state index contributed by atoms with van der Waals surface area (Å²) < 4.78 is 11.2. The van der Waals surface area contributed by atoms with Gasteiger partial charge in [0.05, 0.1) is 28.1 Å². The van der Waals surface area contributed by atoms with Gasteiger partial charge in [-0.2, -0.15) is 0 Å². The molecule has 0 aliphatic heterocycles. The van der Waals surface area contributed by atoms with E-state index in [4.69, 9.17) is 13.8 Å². The molecule has 23 heavy (non-hydrogen) atoms. The van der Waals surface area contributed by atoms with Crippen molar-refractivity contribution in [2.75, 3.05) is 19.8 Å². The van der Waals surface area contributed by atoms with E-state index < -0.39 is 0 Å². The zero-order chi connectivity index (χ0) is 16.5. The first kappa shape index (κ1) is 18.9. The quantitative estimate of drug-likeness (QED) is 0.214. The van der Waals surface area contributed by atoms with E-state index in [1.807, 2.05) is 13.0 Å². The number of fused-ring (bicyclic) bond motifs is 1. The summed E-state index contributed by atoms with van der Waals surface area (Å²) in [4.78, 5) is 5.18. The summed E-state index contributed by atoms with van der Waals surface area (Å²) in [5.41, 5.74) is 3.56. The molecule has 128 valence electrons. The van der Waals surface area contributed by atoms with Gasteiger partial charge in [0.15, 0.2) is 0 Å². The molecule has 0 radical (unpaired) electrons. The van der Waals surface area contributed by atoms with Crippen LogP contribution >= 0.6 is 30.4 Å². The fourth-order valence-electron chi connectivity index (χ4n) is 2.58. The molecule has 0 saturated carbocycles. The molecule has 0 bridgehead atoms. The fraction of sp³-hybridized carbons (Fsp3) is 0.588. The molecule has 0 N–H and O–H groups in total. The van der Waals surface area contributed by atoms with E-state index in [2.05, 4.69) is 45.4 Å². The molecule has 1 aliphatic carbocycles. The molecule has 1 aromatic carbocycles. The van der Waals surface area contributed by atoms with E-state index >= 15 is 0 Å². The van der Waals surface area contributed by atoms with Gasteiger partial charge < -0.3 is 13.8 Å². The normalized spacial score (nSPS) is 16.4.